The molecule has 0 radical (unpaired) electrons. The van der Waals surface area contributed by atoms with Gasteiger partial charge in [0.15, 0.2) is 11.3 Å². The topological polar surface area (TPSA) is 64.4 Å². The zero-order chi connectivity index (χ0) is 16.2. The molecular weight excluding hydrogens is 292 g/mol. The number of rotatable bonds is 3. The van der Waals surface area contributed by atoms with Gasteiger partial charge >= 0.3 is 5.97 Å². The number of methoxy groups -OCH3 is 1. The third kappa shape index (κ3) is 3.48. The number of pyridine rings is 1. The highest BCUT2D eigenvalue weighted by Crippen LogP contribution is 2.28. The van der Waals surface area contributed by atoms with Gasteiger partial charge in [0.2, 0.25) is 0 Å². The van der Waals surface area contributed by atoms with Crippen LogP contribution in [0.2, 0.25) is 0 Å². The van der Waals surface area contributed by atoms with Crippen molar-refractivity contribution in [3.8, 4) is 11.8 Å². The van der Waals surface area contributed by atoms with Gasteiger partial charge in [-0.05, 0) is 44.6 Å². The van der Waals surface area contributed by atoms with Gasteiger partial charge < -0.3 is 14.5 Å². The van der Waals surface area contributed by atoms with E-state index in [4.69, 9.17) is 9.15 Å². The van der Waals surface area contributed by atoms with Gasteiger partial charge in [-0.15, -0.1) is 0 Å². The summed E-state index contributed by atoms with van der Waals surface area (Å²) in [6, 6.07) is 4.24. The lowest BCUT2D eigenvalue weighted by Gasteiger charge is -2.27. The molecule has 1 saturated carbocycles. The van der Waals surface area contributed by atoms with Gasteiger partial charge in [0, 0.05) is 17.5 Å². The molecule has 0 unspecified atom stereocenters. The molecule has 0 bridgehead atoms. The quantitative estimate of drug-likeness (QED) is 0.695. The number of ether oxygens (including phenoxy) is 1. The molecule has 0 amide bonds. The number of nitrogens with zero attached hydrogens (tertiary/aromatic N) is 1. The number of esters is 1. The molecule has 23 heavy (non-hydrogen) atoms. The zero-order valence-electron chi connectivity index (χ0n) is 13.4. The van der Waals surface area contributed by atoms with E-state index < -0.39 is 0 Å². The molecule has 1 aliphatic carbocycles. The van der Waals surface area contributed by atoms with Crippen LogP contribution >= 0.6 is 0 Å². The summed E-state index contributed by atoms with van der Waals surface area (Å²) in [5.41, 5.74) is 0.739. The fraction of sp³-hybridized carbons (Fsp3) is 0.444. The largest absolute Gasteiger partial charge is 0.469 e. The Bertz CT molecular complexity index is 761. The number of carbonyl (C=O) groups excluding carboxylic acids is 1. The van der Waals surface area contributed by atoms with Crippen LogP contribution < -0.4 is 5.32 Å². The molecule has 2 heterocycles. The predicted octanol–water partition coefficient (Wildman–Crippen LogP) is 3.34. The molecule has 0 atom stereocenters. The number of aromatic nitrogens is 1. The van der Waals surface area contributed by atoms with E-state index in [0.29, 0.717) is 11.8 Å². The summed E-state index contributed by atoms with van der Waals surface area (Å²) < 4.78 is 10.4. The molecule has 3 rings (SSSR count). The maximum absolute atomic E-state index is 11.6. The average molecular weight is 312 g/mol. The van der Waals surface area contributed by atoms with Crippen LogP contribution in [0, 0.1) is 17.8 Å². The summed E-state index contributed by atoms with van der Waals surface area (Å²) in [5.74, 6) is 7.17. The minimum Gasteiger partial charge on any atom is -0.469 e. The van der Waals surface area contributed by atoms with Crippen LogP contribution in [-0.2, 0) is 9.53 Å². The van der Waals surface area contributed by atoms with Gasteiger partial charge in [-0.1, -0.05) is 5.92 Å². The van der Waals surface area contributed by atoms with Gasteiger partial charge in [0.05, 0.1) is 19.2 Å². The highest BCUT2D eigenvalue weighted by Gasteiger charge is 2.26. The second-order valence-corrected chi connectivity index (χ2v) is 5.81. The Hall–Kier alpha value is -2.48. The molecule has 1 aliphatic rings. The molecule has 0 spiro atoms. The second-order valence-electron chi connectivity index (χ2n) is 5.81. The SMILES string of the molecule is CC#Cc1cc2cc(NC3CCC(C(=O)OC)CC3)ncc2o1. The first kappa shape index (κ1) is 15.4. The Balaban J connectivity index is 1.65. The van der Waals surface area contributed by atoms with E-state index in [-0.39, 0.29) is 11.9 Å². The number of hydrogen-bond donors (Lipinski definition) is 1. The lowest BCUT2D eigenvalue weighted by molar-refractivity contribution is -0.146. The van der Waals surface area contributed by atoms with Crippen molar-refractivity contribution in [3.05, 3.63) is 24.1 Å². The minimum absolute atomic E-state index is 0.0394. The Morgan fingerprint density at radius 2 is 2.13 bits per heavy atom. The fourth-order valence-electron chi connectivity index (χ4n) is 3.06. The van der Waals surface area contributed by atoms with Crippen molar-refractivity contribution in [2.24, 2.45) is 5.92 Å². The average Bonchev–Trinajstić information content (AvgIpc) is 2.97. The fourth-order valence-corrected chi connectivity index (χ4v) is 3.06. The number of nitrogens with one attached hydrogen (secondary N) is 1. The summed E-state index contributed by atoms with van der Waals surface area (Å²) in [6.45, 7) is 1.78. The molecule has 5 nitrogen and oxygen atoms in total. The molecule has 0 aromatic carbocycles. The highest BCUT2D eigenvalue weighted by atomic mass is 16.5. The highest BCUT2D eigenvalue weighted by molar-refractivity contribution is 5.80. The lowest BCUT2D eigenvalue weighted by atomic mass is 9.86. The third-order valence-corrected chi connectivity index (χ3v) is 4.27. The van der Waals surface area contributed by atoms with Crippen molar-refractivity contribution in [2.75, 3.05) is 12.4 Å². The summed E-state index contributed by atoms with van der Waals surface area (Å²) in [5, 5.41) is 4.44. The first-order valence-corrected chi connectivity index (χ1v) is 7.86. The van der Waals surface area contributed by atoms with E-state index in [1.807, 2.05) is 12.1 Å². The van der Waals surface area contributed by atoms with Crippen LogP contribution in [0.1, 0.15) is 38.4 Å². The minimum atomic E-state index is -0.0917. The second kappa shape index (κ2) is 6.74. The number of anilines is 1. The standard InChI is InChI=1S/C18H20N2O3/c1-3-4-15-9-13-10-17(19-11-16(13)23-15)20-14-7-5-12(6-8-14)18(21)22-2/h9-12,14H,5-8H2,1-2H3,(H,19,20). The first-order chi connectivity index (χ1) is 11.2. The normalized spacial score (nSPS) is 20.6. The summed E-state index contributed by atoms with van der Waals surface area (Å²) in [6.07, 6.45) is 5.32. The van der Waals surface area contributed by atoms with Gasteiger partial charge in [-0.25, -0.2) is 4.98 Å². The molecule has 5 heteroatoms. The Labute approximate surface area is 135 Å². The number of fused-ring (bicyclic) bond motifs is 1. The van der Waals surface area contributed by atoms with Crippen molar-refractivity contribution in [2.45, 2.75) is 38.6 Å². The van der Waals surface area contributed by atoms with Gasteiger partial charge in [-0.3, -0.25) is 4.79 Å². The van der Waals surface area contributed by atoms with Gasteiger partial charge in [0.25, 0.3) is 0 Å². The molecule has 1 N–H and O–H groups in total. The monoisotopic (exact) mass is 312 g/mol. The van der Waals surface area contributed by atoms with Gasteiger partial charge in [-0.2, -0.15) is 0 Å². The lowest BCUT2D eigenvalue weighted by Crippen LogP contribution is -2.30. The Morgan fingerprint density at radius 1 is 1.35 bits per heavy atom. The summed E-state index contributed by atoms with van der Waals surface area (Å²) in [4.78, 5) is 16.0. The molecule has 120 valence electrons. The van der Waals surface area contributed by atoms with Crippen molar-refractivity contribution in [3.63, 3.8) is 0 Å². The van der Waals surface area contributed by atoms with E-state index in [9.17, 15) is 4.79 Å². The van der Waals surface area contributed by atoms with Crippen LogP contribution in [0.4, 0.5) is 5.82 Å². The van der Waals surface area contributed by atoms with Crippen LogP contribution in [0.15, 0.2) is 22.7 Å². The third-order valence-electron chi connectivity index (χ3n) is 4.27. The zero-order valence-corrected chi connectivity index (χ0v) is 13.4. The maximum Gasteiger partial charge on any atom is 0.308 e. The van der Waals surface area contributed by atoms with Crippen molar-refractivity contribution < 1.29 is 13.9 Å². The van der Waals surface area contributed by atoms with E-state index in [1.165, 1.54) is 7.11 Å². The number of carbonyl (C=O) groups is 1. The van der Waals surface area contributed by atoms with Gasteiger partial charge in [0.1, 0.15) is 5.82 Å². The summed E-state index contributed by atoms with van der Waals surface area (Å²) in [7, 11) is 1.45. The van der Waals surface area contributed by atoms with Crippen molar-refractivity contribution in [1.29, 1.82) is 0 Å². The smallest absolute Gasteiger partial charge is 0.308 e. The molecule has 0 saturated heterocycles. The van der Waals surface area contributed by atoms with E-state index in [2.05, 4.69) is 22.1 Å². The van der Waals surface area contributed by atoms with E-state index in [0.717, 1.165) is 42.5 Å². The van der Waals surface area contributed by atoms with Crippen molar-refractivity contribution in [1.82, 2.24) is 4.98 Å². The van der Waals surface area contributed by atoms with Crippen LogP contribution in [0.3, 0.4) is 0 Å². The van der Waals surface area contributed by atoms with Crippen molar-refractivity contribution >= 4 is 22.8 Å². The van der Waals surface area contributed by atoms with E-state index >= 15 is 0 Å². The molecular formula is C18H20N2O3. The number of hydrogen-bond acceptors (Lipinski definition) is 5. The van der Waals surface area contributed by atoms with Crippen LogP contribution in [0.5, 0.6) is 0 Å². The number of furan rings is 1. The molecule has 2 aromatic rings. The summed E-state index contributed by atoms with van der Waals surface area (Å²) >= 11 is 0. The Morgan fingerprint density at radius 3 is 2.83 bits per heavy atom. The molecule has 2 aromatic heterocycles. The maximum atomic E-state index is 11.6. The molecule has 1 fully saturated rings. The van der Waals surface area contributed by atoms with Crippen LogP contribution in [-0.4, -0.2) is 24.1 Å². The first-order valence-electron chi connectivity index (χ1n) is 7.86. The predicted molar refractivity (Wildman–Crippen MR) is 87.9 cm³/mol. The Kier molecular flexibility index (Phi) is 4.52. The van der Waals surface area contributed by atoms with E-state index in [1.54, 1.807) is 13.1 Å². The van der Waals surface area contributed by atoms with Crippen LogP contribution in [0.25, 0.3) is 11.0 Å². The molecule has 0 aliphatic heterocycles.